The summed E-state index contributed by atoms with van der Waals surface area (Å²) in [5.74, 6) is -1.99. The largest absolute Gasteiger partial charge is 0.460 e. The number of ether oxygens (including phenoxy) is 4. The summed E-state index contributed by atoms with van der Waals surface area (Å²) >= 11 is 16.9. The number of hydrazine groups is 1. The SMILES string of the molecule is COC(CC1CCCO1)CC(C)(C)OC(=O)N[C@H](C(=O)N[C@@H](C)C(=O)N1CCC[C@@H](C(=O)OCC(Cl)(Cl)Cl)N1)C(C)C. The molecular weight excluding hydrogens is 615 g/mol. The summed E-state index contributed by atoms with van der Waals surface area (Å²) in [5, 5.41) is 6.55. The van der Waals surface area contributed by atoms with Crippen LogP contribution in [0.1, 0.15) is 73.1 Å². The van der Waals surface area contributed by atoms with Gasteiger partial charge in [0.2, 0.25) is 9.70 Å². The first-order valence-electron chi connectivity index (χ1n) is 14.3. The zero-order valence-corrected chi connectivity index (χ0v) is 27.4. The van der Waals surface area contributed by atoms with Gasteiger partial charge in [0.05, 0.1) is 12.2 Å². The molecule has 0 aliphatic carbocycles. The Bertz CT molecular complexity index is 928. The molecule has 15 heteroatoms. The number of esters is 1. The predicted octanol–water partition coefficient (Wildman–Crippen LogP) is 3.40. The summed E-state index contributed by atoms with van der Waals surface area (Å²) in [7, 11) is 1.62. The highest BCUT2D eigenvalue weighted by molar-refractivity contribution is 6.67. The normalized spacial score (nSPS) is 21.8. The fraction of sp³-hybridized carbons (Fsp3) is 0.852. The second-order valence-electron chi connectivity index (χ2n) is 11.7. The van der Waals surface area contributed by atoms with Crippen LogP contribution in [0.2, 0.25) is 0 Å². The highest BCUT2D eigenvalue weighted by Crippen LogP contribution is 2.27. The molecule has 0 aromatic heterocycles. The monoisotopic (exact) mass is 658 g/mol. The summed E-state index contributed by atoms with van der Waals surface area (Å²) in [5.41, 5.74) is 1.94. The van der Waals surface area contributed by atoms with Crippen molar-refractivity contribution in [3.8, 4) is 0 Å². The van der Waals surface area contributed by atoms with Crippen LogP contribution in [0.5, 0.6) is 0 Å². The van der Waals surface area contributed by atoms with Gasteiger partial charge in [-0.1, -0.05) is 48.7 Å². The zero-order chi connectivity index (χ0) is 31.7. The van der Waals surface area contributed by atoms with Gasteiger partial charge in [0.1, 0.15) is 30.3 Å². The van der Waals surface area contributed by atoms with E-state index in [9.17, 15) is 19.2 Å². The molecule has 5 atom stereocenters. The summed E-state index contributed by atoms with van der Waals surface area (Å²) < 4.78 is 20.3. The zero-order valence-electron chi connectivity index (χ0n) is 25.2. The van der Waals surface area contributed by atoms with Crippen molar-refractivity contribution in [2.75, 3.05) is 26.9 Å². The lowest BCUT2D eigenvalue weighted by Crippen LogP contribution is -2.61. The molecule has 0 saturated carbocycles. The van der Waals surface area contributed by atoms with Gasteiger partial charge in [0, 0.05) is 26.7 Å². The summed E-state index contributed by atoms with van der Waals surface area (Å²) in [6, 6.07) is -2.74. The van der Waals surface area contributed by atoms with Gasteiger partial charge in [-0.05, 0) is 58.8 Å². The summed E-state index contributed by atoms with van der Waals surface area (Å²) in [6.45, 7) is 9.25. The molecule has 42 heavy (non-hydrogen) atoms. The van der Waals surface area contributed by atoms with Crippen LogP contribution in [0.25, 0.3) is 0 Å². The topological polar surface area (TPSA) is 145 Å². The predicted molar refractivity (Wildman–Crippen MR) is 158 cm³/mol. The number of carbonyl (C=O) groups is 4. The molecule has 3 amide bonds. The van der Waals surface area contributed by atoms with E-state index in [-0.39, 0.29) is 18.1 Å². The van der Waals surface area contributed by atoms with Crippen LogP contribution in [0.3, 0.4) is 0 Å². The molecular formula is C27H45Cl3N4O8. The number of amides is 3. The van der Waals surface area contributed by atoms with E-state index in [2.05, 4.69) is 16.1 Å². The van der Waals surface area contributed by atoms with Gasteiger partial charge in [0.15, 0.2) is 0 Å². The Morgan fingerprint density at radius 2 is 1.76 bits per heavy atom. The number of nitrogens with one attached hydrogen (secondary N) is 3. The van der Waals surface area contributed by atoms with Gasteiger partial charge in [-0.15, -0.1) is 0 Å². The second-order valence-corrected chi connectivity index (χ2v) is 14.2. The van der Waals surface area contributed by atoms with Crippen LogP contribution in [0, 0.1) is 5.92 Å². The highest BCUT2D eigenvalue weighted by atomic mass is 35.6. The van der Waals surface area contributed by atoms with Crippen molar-refractivity contribution in [3.05, 3.63) is 0 Å². The van der Waals surface area contributed by atoms with Crippen LogP contribution >= 0.6 is 34.8 Å². The molecule has 2 aliphatic heterocycles. The van der Waals surface area contributed by atoms with Gasteiger partial charge in [-0.2, -0.15) is 0 Å². The average molecular weight is 660 g/mol. The van der Waals surface area contributed by atoms with E-state index in [1.807, 2.05) is 0 Å². The molecule has 2 heterocycles. The van der Waals surface area contributed by atoms with E-state index in [4.69, 9.17) is 53.8 Å². The molecule has 2 aliphatic rings. The number of hydrogen-bond acceptors (Lipinski definition) is 9. The molecule has 0 aromatic rings. The van der Waals surface area contributed by atoms with Crippen LogP contribution in [0.4, 0.5) is 4.79 Å². The number of halogens is 3. The Labute approximate surface area is 263 Å². The lowest BCUT2D eigenvalue weighted by atomic mass is 9.96. The smallest absolute Gasteiger partial charge is 0.408 e. The summed E-state index contributed by atoms with van der Waals surface area (Å²) in [4.78, 5) is 51.4. The number of alkyl carbamates (subject to hydrolysis) is 1. The van der Waals surface area contributed by atoms with Gasteiger partial charge < -0.3 is 29.6 Å². The van der Waals surface area contributed by atoms with Crippen molar-refractivity contribution in [1.29, 1.82) is 0 Å². The Kier molecular flexibility index (Phi) is 14.4. The Morgan fingerprint density at radius 3 is 2.33 bits per heavy atom. The molecule has 0 spiro atoms. The van der Waals surface area contributed by atoms with Gasteiger partial charge >= 0.3 is 12.1 Å². The van der Waals surface area contributed by atoms with Crippen LogP contribution < -0.4 is 16.1 Å². The molecule has 2 fully saturated rings. The average Bonchev–Trinajstić information content (AvgIpc) is 3.41. The van der Waals surface area contributed by atoms with Crippen molar-refractivity contribution in [2.45, 2.75) is 113 Å². The van der Waals surface area contributed by atoms with E-state index in [0.29, 0.717) is 32.2 Å². The van der Waals surface area contributed by atoms with Crippen molar-refractivity contribution >= 4 is 58.7 Å². The lowest BCUT2D eigenvalue weighted by molar-refractivity contribution is -0.152. The number of hydrogen-bond donors (Lipinski definition) is 3. The third-order valence-corrected chi connectivity index (χ3v) is 7.37. The molecule has 12 nitrogen and oxygen atoms in total. The maximum Gasteiger partial charge on any atom is 0.408 e. The standard InChI is InChI=1S/C27H45Cl3N4O8/c1-16(2)21(32-25(38)42-26(4,5)14-19(39-6)13-18-9-8-12-40-18)22(35)31-17(3)23(36)34-11-7-10-20(33-34)24(37)41-15-27(28,29)30/h16-21,33H,7-15H2,1-6H3,(H,31,35)(H,32,38)/t17-,18?,19?,20-,21-/m0/s1. The highest BCUT2D eigenvalue weighted by Gasteiger charge is 2.35. The van der Waals surface area contributed by atoms with E-state index >= 15 is 0 Å². The van der Waals surface area contributed by atoms with Crippen molar-refractivity contribution < 1.29 is 38.1 Å². The van der Waals surface area contributed by atoms with E-state index < -0.39 is 58.0 Å². The fourth-order valence-electron chi connectivity index (χ4n) is 4.89. The van der Waals surface area contributed by atoms with Crippen LogP contribution in [0.15, 0.2) is 0 Å². The minimum absolute atomic E-state index is 0.131. The van der Waals surface area contributed by atoms with E-state index in [1.165, 1.54) is 11.9 Å². The van der Waals surface area contributed by atoms with Gasteiger partial charge in [-0.25, -0.2) is 10.2 Å². The molecule has 242 valence electrons. The van der Waals surface area contributed by atoms with E-state index in [0.717, 1.165) is 19.4 Å². The van der Waals surface area contributed by atoms with Crippen LogP contribution in [-0.4, -0.2) is 95.5 Å². The third-order valence-electron chi connectivity index (χ3n) is 7.04. The molecule has 2 rings (SSSR count). The van der Waals surface area contributed by atoms with Gasteiger partial charge in [0.25, 0.3) is 5.91 Å². The minimum atomic E-state index is -1.75. The molecule has 0 bridgehead atoms. The van der Waals surface area contributed by atoms with Crippen LogP contribution in [-0.2, 0) is 33.3 Å². The Hall–Kier alpha value is -1.57. The number of nitrogens with zero attached hydrogens (tertiary/aromatic N) is 1. The number of rotatable bonds is 13. The first-order chi connectivity index (χ1) is 19.5. The second kappa shape index (κ2) is 16.5. The first kappa shape index (κ1) is 36.6. The first-order valence-corrected chi connectivity index (χ1v) is 15.4. The summed E-state index contributed by atoms with van der Waals surface area (Å²) in [6.07, 6.45) is 3.30. The third kappa shape index (κ3) is 12.6. The molecule has 2 unspecified atom stereocenters. The number of methoxy groups -OCH3 is 1. The van der Waals surface area contributed by atoms with Crippen molar-refractivity contribution in [1.82, 2.24) is 21.1 Å². The van der Waals surface area contributed by atoms with Crippen molar-refractivity contribution in [2.24, 2.45) is 5.92 Å². The molecule has 3 N–H and O–H groups in total. The molecule has 2 saturated heterocycles. The molecule has 0 radical (unpaired) electrons. The maximum absolute atomic E-state index is 13.1. The Morgan fingerprint density at radius 1 is 1.07 bits per heavy atom. The van der Waals surface area contributed by atoms with E-state index in [1.54, 1.807) is 34.8 Å². The Balaban J connectivity index is 1.90. The number of alkyl halides is 3. The number of carbonyl (C=O) groups excluding carboxylic acids is 4. The lowest BCUT2D eigenvalue weighted by Gasteiger charge is -2.35. The fourth-order valence-corrected chi connectivity index (χ4v) is 5.05. The molecule has 0 aromatic carbocycles. The quantitative estimate of drug-likeness (QED) is 0.200. The maximum atomic E-state index is 13.1. The van der Waals surface area contributed by atoms with Gasteiger partial charge in [-0.3, -0.25) is 19.4 Å². The minimum Gasteiger partial charge on any atom is -0.460 e. The van der Waals surface area contributed by atoms with Crippen molar-refractivity contribution in [3.63, 3.8) is 0 Å².